The van der Waals surface area contributed by atoms with Gasteiger partial charge in [-0.05, 0) is 184 Å². The van der Waals surface area contributed by atoms with Gasteiger partial charge in [-0.25, -0.2) is 28.8 Å². The SMILES string of the molecule is C.C=CC(=O)OC[C@@H]1OC(C)(C)O[C@H]1[C@H]1OC(C)(C)O[C@@H]1COC(=O)C=C.C=CC(=O)OC[C@@H]1OC(C)(C)O[C@H]1[C@H]1OC(C)(C)O[C@@H]1COC(=O)C=C.C=CCCN.C=CCCN(C)CCC(=O)OC[C@@H]1OC(C)(C)O[C@H]1[C@H]1OC(C)(C)O[C@@H]1COC(=O)CCC.CC1(C)O[C@@H]([C@H]2OC(C)(C)O[C@@H]2CO)[C@H](CO)O1.CCCCOC(=O)[C@H]1OC(C)(C)O[C@@H]1[C@@H]1OC(C)(C)O[C@H]1C(=O)OCCCC. The van der Waals surface area contributed by atoms with Gasteiger partial charge in [0, 0.05) is 43.8 Å². The lowest BCUT2D eigenvalue weighted by Crippen LogP contribution is -2.48. The molecule has 0 aliphatic carbocycles. The third-order valence-electron chi connectivity index (χ3n) is 21.2. The lowest BCUT2D eigenvalue weighted by atomic mass is 10.0. The summed E-state index contributed by atoms with van der Waals surface area (Å²) in [5.41, 5.74) is 5.07. The predicted molar refractivity (Wildman–Crippen MR) is 493 cm³/mol. The molecule has 0 amide bonds. The van der Waals surface area contributed by atoms with E-state index in [-0.39, 0.29) is 78.6 Å². The summed E-state index contributed by atoms with van der Waals surface area (Å²) < 4.78 is 160. The first-order valence-electron chi connectivity index (χ1n) is 46.6. The molecule has 137 heavy (non-hydrogen) atoms. The highest BCUT2D eigenvalue weighted by molar-refractivity contribution is 5.82. The van der Waals surface area contributed by atoms with Crippen LogP contribution in [0, 0.1) is 0 Å². The topological polar surface area (TPSA) is 465 Å². The first-order valence-corrected chi connectivity index (χ1v) is 46.6. The van der Waals surface area contributed by atoms with Crippen LogP contribution in [-0.4, -0.2) is 336 Å². The van der Waals surface area contributed by atoms with Crippen LogP contribution in [0.25, 0.3) is 0 Å². The van der Waals surface area contributed by atoms with E-state index in [1.54, 1.807) is 145 Å². The Bertz CT molecular complexity index is 3550. The summed E-state index contributed by atoms with van der Waals surface area (Å²) in [6, 6.07) is 0. The van der Waals surface area contributed by atoms with E-state index in [1.165, 1.54) is 0 Å². The zero-order valence-electron chi connectivity index (χ0n) is 84.4. The quantitative estimate of drug-likeness (QED) is 0.0168. The Morgan fingerprint density at radius 3 is 0.752 bits per heavy atom. The molecule has 10 saturated heterocycles. The lowest BCUT2D eigenvalue weighted by Gasteiger charge is -2.26. The van der Waals surface area contributed by atoms with Gasteiger partial charge in [0.2, 0.25) is 0 Å². The monoisotopic (exact) mass is 1960 g/mol. The third kappa shape index (κ3) is 40.5. The minimum atomic E-state index is -1.02. The Hall–Kier alpha value is -6.76. The fourth-order valence-electron chi connectivity index (χ4n) is 15.8. The third-order valence-corrected chi connectivity index (χ3v) is 21.2. The number of hydrogen-bond donors (Lipinski definition) is 3. The summed E-state index contributed by atoms with van der Waals surface area (Å²) in [5, 5.41) is 18.7. The van der Waals surface area contributed by atoms with Crippen LogP contribution in [-0.2, 0) is 171 Å². The molecule has 10 heterocycles. The molecule has 10 aliphatic rings. The fourth-order valence-corrected chi connectivity index (χ4v) is 15.8. The molecule has 10 aliphatic heterocycles. The second-order valence-corrected chi connectivity index (χ2v) is 38.0. The molecule has 4 N–H and O–H groups in total. The van der Waals surface area contributed by atoms with Gasteiger partial charge in [-0.15, -0.1) is 13.2 Å². The van der Waals surface area contributed by atoms with Crippen molar-refractivity contribution in [3.63, 3.8) is 0 Å². The number of nitrogens with zero attached hydrogens (tertiary/aromatic N) is 1. The highest BCUT2D eigenvalue weighted by Gasteiger charge is 2.62. The number of nitrogens with two attached hydrogens (primary N) is 1. The molecule has 40 nitrogen and oxygen atoms in total. The average molecular weight is 1960 g/mol. The van der Waals surface area contributed by atoms with Crippen LogP contribution in [0.3, 0.4) is 0 Å². The number of esters is 8. The molecule has 0 aromatic rings. The van der Waals surface area contributed by atoms with E-state index >= 15 is 0 Å². The van der Waals surface area contributed by atoms with Crippen molar-refractivity contribution in [2.24, 2.45) is 5.73 Å². The first-order chi connectivity index (χ1) is 63.4. The summed E-state index contributed by atoms with van der Waals surface area (Å²) in [7, 11) is 1.95. The van der Waals surface area contributed by atoms with Crippen molar-refractivity contribution >= 4 is 47.8 Å². The van der Waals surface area contributed by atoms with Crippen LogP contribution in [0.2, 0.25) is 0 Å². The van der Waals surface area contributed by atoms with Crippen LogP contribution >= 0.6 is 0 Å². The molecule has 0 saturated carbocycles. The molecule has 0 bridgehead atoms. The number of aliphatic hydroxyl groups is 2. The van der Waals surface area contributed by atoms with Crippen molar-refractivity contribution in [3.05, 3.63) is 75.9 Å². The smallest absolute Gasteiger partial charge is 0.338 e. The van der Waals surface area contributed by atoms with Crippen molar-refractivity contribution in [2.75, 3.05) is 92.8 Å². The van der Waals surface area contributed by atoms with Gasteiger partial charge in [-0.3, -0.25) is 9.59 Å². The summed E-state index contributed by atoms with van der Waals surface area (Å²) in [5.74, 6) is -12.8. The zero-order chi connectivity index (χ0) is 102. The minimum absolute atomic E-state index is 0. The molecule has 10 fully saturated rings. The number of aliphatic hydroxyl groups excluding tert-OH is 2. The highest BCUT2D eigenvalue weighted by atomic mass is 16.8. The number of rotatable bonds is 41. The Morgan fingerprint density at radius 2 is 0.533 bits per heavy atom. The second kappa shape index (κ2) is 55.2. The number of hydrogen-bond acceptors (Lipinski definition) is 40. The zero-order valence-corrected chi connectivity index (χ0v) is 84.4. The maximum absolute atomic E-state index is 12.6. The van der Waals surface area contributed by atoms with Gasteiger partial charge in [-0.2, -0.15) is 0 Å². The number of unbranched alkanes of at least 4 members (excludes halogenated alkanes) is 2. The van der Waals surface area contributed by atoms with Crippen molar-refractivity contribution in [1.29, 1.82) is 0 Å². The Morgan fingerprint density at radius 1 is 0.307 bits per heavy atom. The Labute approximate surface area is 809 Å². The second-order valence-electron chi connectivity index (χ2n) is 38.0. The molecule has 0 spiro atoms. The van der Waals surface area contributed by atoms with Gasteiger partial charge in [0.25, 0.3) is 0 Å². The van der Waals surface area contributed by atoms with Gasteiger partial charge in [0.05, 0.1) is 32.8 Å². The van der Waals surface area contributed by atoms with E-state index in [9.17, 15) is 48.6 Å². The number of carbonyl (C=O) groups excluding carboxylic acids is 8. The first kappa shape index (κ1) is 123. The molecular formula is C97H162N2O38. The lowest BCUT2D eigenvalue weighted by molar-refractivity contribution is -0.177. The Kier molecular flexibility index (Phi) is 49.4. The van der Waals surface area contributed by atoms with E-state index in [2.05, 4.69) is 44.4 Å². The van der Waals surface area contributed by atoms with E-state index in [0.29, 0.717) is 32.6 Å². The van der Waals surface area contributed by atoms with Crippen molar-refractivity contribution in [2.45, 2.75) is 404 Å². The highest BCUT2D eigenvalue weighted by Crippen LogP contribution is 2.45. The van der Waals surface area contributed by atoms with E-state index < -0.39 is 216 Å². The maximum Gasteiger partial charge on any atom is 0.338 e. The van der Waals surface area contributed by atoms with Crippen molar-refractivity contribution < 1.29 is 181 Å². The summed E-state index contributed by atoms with van der Waals surface area (Å²) in [4.78, 5) is 96.9. The largest absolute Gasteiger partial charge is 0.464 e. The van der Waals surface area contributed by atoms with Crippen LogP contribution < -0.4 is 5.73 Å². The van der Waals surface area contributed by atoms with Gasteiger partial charge in [0.1, 0.15) is 150 Å². The summed E-state index contributed by atoms with van der Waals surface area (Å²) in [6.45, 7) is 64.1. The van der Waals surface area contributed by atoms with E-state index in [4.69, 9.17) is 138 Å². The van der Waals surface area contributed by atoms with E-state index in [0.717, 1.165) is 75.9 Å². The van der Waals surface area contributed by atoms with Gasteiger partial charge >= 0.3 is 47.8 Å². The van der Waals surface area contributed by atoms with Crippen molar-refractivity contribution in [3.8, 4) is 0 Å². The van der Waals surface area contributed by atoms with Crippen LogP contribution in [0.5, 0.6) is 0 Å². The molecule has 0 aromatic carbocycles. The maximum atomic E-state index is 12.6. The normalized spacial score (nSPS) is 31.1. The van der Waals surface area contributed by atoms with Gasteiger partial charge < -0.3 is 153 Å². The fraction of sp³-hybridized carbons (Fsp3) is 0.794. The predicted octanol–water partition coefficient (Wildman–Crippen LogP) is 9.66. The molecule has 10 rings (SSSR count). The van der Waals surface area contributed by atoms with Crippen molar-refractivity contribution in [1.82, 2.24) is 4.90 Å². The minimum Gasteiger partial charge on any atom is -0.464 e. The Balaban J connectivity index is 0.000000355. The van der Waals surface area contributed by atoms with Crippen LogP contribution in [0.15, 0.2) is 75.9 Å². The summed E-state index contributed by atoms with van der Waals surface area (Å²) in [6.07, 6.45) is 2.00. The number of carbonyl (C=O) groups is 8. The molecule has 0 aromatic heterocycles. The molecular weight excluding hydrogens is 1800 g/mol. The molecule has 20 atom stereocenters. The van der Waals surface area contributed by atoms with Crippen LogP contribution in [0.1, 0.15) is 224 Å². The standard InChI is InChI=1S/C24H41NO8.C20H34O8.2C18H26O8.C12H22O6.C4H9N.CH4/c1-8-10-13-25(7)14-12-20(27)29-16-18-22(33-24(5,6)31-18)21-17(30-23(3,4)32-21)15-28-19(26)11-9-2;1-7-9-11-23-17(21)15-13(25-19(3,4)27-15)14-16(28-20(5,6)26-14)18(22)24-12-10-8-2;2*1-7-13(19)21-9-11-15(25-17(3,4)23-11)16-12(10-22-14(20)8-2)24-18(5,6)26-16;1-11(2)15-7(5-13)9(17-11)10-8(6-14)16-12(3,4)18-10;1-2-3-4-5;/h8,17-18,21-22H,1,9-16H2,2-7H3;13-16H,7-12H2,1-6H3;2*7-8,11-12,15-16H,1-2,9-10H2,3-6H3;7-10,13-14H,5-6H2,1-4H3;2H,1,3-5H2;1H4/t17-,18+,21+,22-;13-,14+,15+,16-;2*11-,12+,15+,16-;7-,8+,9+,10-;;/m1....../s1. The number of ether oxygens (including phenoxy) is 28. The van der Waals surface area contributed by atoms with Crippen LogP contribution in [0.4, 0.5) is 0 Å². The van der Waals surface area contributed by atoms with E-state index in [1.807, 2.05) is 33.9 Å². The molecule has 788 valence electrons. The average Bonchev–Trinajstić information content (AvgIpc) is 1.62. The molecule has 0 unspecified atom stereocenters. The molecule has 40 heteroatoms. The summed E-state index contributed by atoms with van der Waals surface area (Å²) >= 11 is 0. The van der Waals surface area contributed by atoms with Gasteiger partial charge in [-0.1, -0.05) is 79.5 Å². The van der Waals surface area contributed by atoms with Gasteiger partial charge in [0.15, 0.2) is 70.1 Å². The molecule has 0 radical (unpaired) electrons.